The van der Waals surface area contributed by atoms with Gasteiger partial charge >= 0.3 is 0 Å². The summed E-state index contributed by atoms with van der Waals surface area (Å²) < 4.78 is 0. The highest BCUT2D eigenvalue weighted by Gasteiger charge is 2.00. The zero-order valence-corrected chi connectivity index (χ0v) is 9.70. The van der Waals surface area contributed by atoms with E-state index in [-0.39, 0.29) is 12.5 Å². The number of aliphatic hydroxyl groups is 1. The fourth-order valence-electron chi connectivity index (χ4n) is 1.39. The third kappa shape index (κ3) is 4.45. The summed E-state index contributed by atoms with van der Waals surface area (Å²) >= 11 is 0. The molecule has 1 aromatic carbocycles. The second kappa shape index (κ2) is 7.01. The van der Waals surface area contributed by atoms with Crippen LogP contribution in [-0.2, 0) is 17.9 Å². The summed E-state index contributed by atoms with van der Waals surface area (Å²) in [5, 5.41) is 11.7. The van der Waals surface area contributed by atoms with Crippen molar-refractivity contribution < 1.29 is 9.90 Å². The van der Waals surface area contributed by atoms with Gasteiger partial charge in [-0.2, -0.15) is 0 Å². The van der Waals surface area contributed by atoms with Gasteiger partial charge in [0.2, 0.25) is 5.91 Å². The van der Waals surface area contributed by atoms with E-state index in [4.69, 9.17) is 5.11 Å². The molecule has 16 heavy (non-hydrogen) atoms. The second-order valence-corrected chi connectivity index (χ2v) is 3.85. The first-order valence-electron chi connectivity index (χ1n) is 5.71. The fraction of sp³-hybridized carbons (Fsp3) is 0.462. The molecule has 0 saturated heterocycles. The quantitative estimate of drug-likeness (QED) is 0.771. The molecule has 0 radical (unpaired) electrons. The van der Waals surface area contributed by atoms with Crippen LogP contribution < -0.4 is 5.32 Å². The summed E-state index contributed by atoms with van der Waals surface area (Å²) in [4.78, 5) is 11.3. The first-order valence-corrected chi connectivity index (χ1v) is 5.71. The number of nitrogens with one attached hydrogen (secondary N) is 1. The molecule has 0 aliphatic rings. The number of benzene rings is 1. The van der Waals surface area contributed by atoms with Crippen molar-refractivity contribution in [2.24, 2.45) is 0 Å². The highest BCUT2D eigenvalue weighted by molar-refractivity contribution is 5.75. The van der Waals surface area contributed by atoms with Gasteiger partial charge in [0.25, 0.3) is 0 Å². The van der Waals surface area contributed by atoms with Gasteiger partial charge in [0.15, 0.2) is 0 Å². The van der Waals surface area contributed by atoms with E-state index in [1.807, 2.05) is 24.3 Å². The summed E-state index contributed by atoms with van der Waals surface area (Å²) in [5.74, 6) is 0.105. The van der Waals surface area contributed by atoms with Crippen LogP contribution in [-0.4, -0.2) is 11.0 Å². The van der Waals surface area contributed by atoms with Gasteiger partial charge in [-0.15, -0.1) is 0 Å². The molecular formula is C13H19NO2. The first-order chi connectivity index (χ1) is 7.76. The monoisotopic (exact) mass is 221 g/mol. The summed E-state index contributed by atoms with van der Waals surface area (Å²) in [5.41, 5.74) is 1.95. The zero-order valence-electron chi connectivity index (χ0n) is 9.70. The minimum atomic E-state index is 0.0587. The van der Waals surface area contributed by atoms with Gasteiger partial charge in [0.05, 0.1) is 6.61 Å². The summed E-state index contributed by atoms with van der Waals surface area (Å²) in [7, 11) is 0. The van der Waals surface area contributed by atoms with E-state index in [1.165, 1.54) is 0 Å². The van der Waals surface area contributed by atoms with E-state index in [1.54, 1.807) is 0 Å². The molecule has 0 aromatic heterocycles. The summed E-state index contributed by atoms with van der Waals surface area (Å²) in [6, 6.07) is 7.58. The van der Waals surface area contributed by atoms with Crippen LogP contribution >= 0.6 is 0 Å². The Morgan fingerprint density at radius 1 is 1.25 bits per heavy atom. The maximum atomic E-state index is 11.3. The van der Waals surface area contributed by atoms with Crippen LogP contribution in [0.1, 0.15) is 37.3 Å². The Hall–Kier alpha value is -1.35. The van der Waals surface area contributed by atoms with Gasteiger partial charge in [-0.25, -0.2) is 0 Å². The predicted octanol–water partition coefficient (Wildman–Crippen LogP) is 1.99. The topological polar surface area (TPSA) is 49.3 Å². The molecule has 0 heterocycles. The van der Waals surface area contributed by atoms with Crippen molar-refractivity contribution >= 4 is 5.91 Å². The van der Waals surface area contributed by atoms with E-state index in [0.29, 0.717) is 13.0 Å². The Bertz CT molecular complexity index is 319. The van der Waals surface area contributed by atoms with E-state index in [2.05, 4.69) is 12.2 Å². The van der Waals surface area contributed by atoms with Crippen LogP contribution in [0.25, 0.3) is 0 Å². The lowest BCUT2D eigenvalue weighted by Gasteiger charge is -2.05. The van der Waals surface area contributed by atoms with E-state index < -0.39 is 0 Å². The molecule has 0 fully saturated rings. The van der Waals surface area contributed by atoms with Crippen molar-refractivity contribution in [1.29, 1.82) is 0 Å². The molecule has 3 nitrogen and oxygen atoms in total. The average molecular weight is 221 g/mol. The zero-order chi connectivity index (χ0) is 11.8. The van der Waals surface area contributed by atoms with Gasteiger partial charge in [-0.05, 0) is 17.5 Å². The van der Waals surface area contributed by atoms with Gasteiger partial charge in [0, 0.05) is 13.0 Å². The van der Waals surface area contributed by atoms with E-state index in [0.717, 1.165) is 24.0 Å². The second-order valence-electron chi connectivity index (χ2n) is 3.85. The number of aliphatic hydroxyl groups excluding tert-OH is 1. The molecule has 1 amide bonds. The number of hydrogen-bond acceptors (Lipinski definition) is 2. The molecule has 0 unspecified atom stereocenters. The smallest absolute Gasteiger partial charge is 0.220 e. The largest absolute Gasteiger partial charge is 0.392 e. The fourth-order valence-corrected chi connectivity index (χ4v) is 1.39. The van der Waals surface area contributed by atoms with Crippen LogP contribution in [0.15, 0.2) is 24.3 Å². The van der Waals surface area contributed by atoms with Crippen molar-refractivity contribution in [3.8, 4) is 0 Å². The van der Waals surface area contributed by atoms with Gasteiger partial charge in [-0.3, -0.25) is 4.79 Å². The van der Waals surface area contributed by atoms with E-state index >= 15 is 0 Å². The predicted molar refractivity (Wildman–Crippen MR) is 63.7 cm³/mol. The van der Waals surface area contributed by atoms with Gasteiger partial charge in [0.1, 0.15) is 0 Å². The molecule has 0 saturated carbocycles. The molecule has 3 heteroatoms. The van der Waals surface area contributed by atoms with Crippen LogP contribution in [0.2, 0.25) is 0 Å². The Kier molecular flexibility index (Phi) is 5.57. The van der Waals surface area contributed by atoms with E-state index in [9.17, 15) is 4.79 Å². The molecule has 1 aromatic rings. The minimum Gasteiger partial charge on any atom is -0.392 e. The SMILES string of the molecule is CCCCC(=O)NCc1ccc(CO)cc1. The third-order valence-corrected chi connectivity index (χ3v) is 2.45. The minimum absolute atomic E-state index is 0.0587. The Labute approximate surface area is 96.5 Å². The maximum Gasteiger partial charge on any atom is 0.220 e. The molecule has 0 spiro atoms. The van der Waals surface area contributed by atoms with Crippen molar-refractivity contribution in [2.75, 3.05) is 0 Å². The number of carbonyl (C=O) groups excluding carboxylic acids is 1. The molecule has 0 aliphatic heterocycles. The van der Waals surface area contributed by atoms with Gasteiger partial charge < -0.3 is 10.4 Å². The summed E-state index contributed by atoms with van der Waals surface area (Å²) in [6.45, 7) is 2.69. The van der Waals surface area contributed by atoms with Crippen LogP contribution in [0, 0.1) is 0 Å². The standard InChI is InChI=1S/C13H19NO2/c1-2-3-4-13(16)14-9-11-5-7-12(10-15)8-6-11/h5-8,15H,2-4,9-10H2,1H3,(H,14,16). The number of hydrogen-bond donors (Lipinski definition) is 2. The van der Waals surface area contributed by atoms with Crippen LogP contribution in [0.4, 0.5) is 0 Å². The Balaban J connectivity index is 2.33. The Morgan fingerprint density at radius 2 is 1.88 bits per heavy atom. The third-order valence-electron chi connectivity index (χ3n) is 2.45. The van der Waals surface area contributed by atoms with Crippen molar-refractivity contribution in [2.45, 2.75) is 39.3 Å². The number of unbranched alkanes of at least 4 members (excludes halogenated alkanes) is 1. The molecule has 1 rings (SSSR count). The first kappa shape index (κ1) is 12.7. The number of rotatable bonds is 6. The highest BCUT2D eigenvalue weighted by atomic mass is 16.3. The van der Waals surface area contributed by atoms with Crippen molar-refractivity contribution in [1.82, 2.24) is 5.32 Å². The molecule has 2 N–H and O–H groups in total. The maximum absolute atomic E-state index is 11.3. The number of amides is 1. The van der Waals surface area contributed by atoms with Crippen LogP contribution in [0.5, 0.6) is 0 Å². The van der Waals surface area contributed by atoms with Crippen molar-refractivity contribution in [3.63, 3.8) is 0 Å². The average Bonchev–Trinajstić information content (AvgIpc) is 2.34. The lowest BCUT2D eigenvalue weighted by molar-refractivity contribution is -0.121. The summed E-state index contributed by atoms with van der Waals surface area (Å²) in [6.07, 6.45) is 2.58. The number of carbonyl (C=O) groups is 1. The molecule has 0 atom stereocenters. The lowest BCUT2D eigenvalue weighted by Crippen LogP contribution is -2.22. The lowest BCUT2D eigenvalue weighted by atomic mass is 10.1. The van der Waals surface area contributed by atoms with Crippen molar-refractivity contribution in [3.05, 3.63) is 35.4 Å². The highest BCUT2D eigenvalue weighted by Crippen LogP contribution is 2.04. The molecule has 88 valence electrons. The van der Waals surface area contributed by atoms with Crippen LogP contribution in [0.3, 0.4) is 0 Å². The molecule has 0 bridgehead atoms. The normalized spacial score (nSPS) is 10.1. The molecular weight excluding hydrogens is 202 g/mol. The van der Waals surface area contributed by atoms with Gasteiger partial charge in [-0.1, -0.05) is 37.6 Å². The Morgan fingerprint density at radius 3 is 2.44 bits per heavy atom. The molecule has 0 aliphatic carbocycles.